The number of halogens is 2. The number of aromatic nitrogens is 1. The molecule has 3 aliphatic rings. The van der Waals surface area contributed by atoms with Gasteiger partial charge in [-0.15, -0.1) is 0 Å². The first-order valence-corrected chi connectivity index (χ1v) is 12.9. The second-order valence-corrected chi connectivity index (χ2v) is 10.6. The normalized spacial score (nSPS) is 19.8. The molecule has 3 heterocycles. The van der Waals surface area contributed by atoms with E-state index in [1.165, 1.54) is 27.8 Å². The zero-order chi connectivity index (χ0) is 22.9. The van der Waals surface area contributed by atoms with Gasteiger partial charge >= 0.3 is 0 Å². The van der Waals surface area contributed by atoms with Crippen molar-refractivity contribution in [1.29, 1.82) is 0 Å². The Kier molecular flexibility index (Phi) is 6.78. The first-order valence-electron chi connectivity index (χ1n) is 12.1. The highest BCUT2D eigenvalue weighted by molar-refractivity contribution is 6.31. The van der Waals surface area contributed by atoms with Crippen LogP contribution in [0.3, 0.4) is 0 Å². The zero-order valence-corrected chi connectivity index (χ0v) is 20.8. The molecule has 1 aromatic carbocycles. The number of likely N-dealkylation sites (tertiary alicyclic amines) is 2. The molecular weight excluding hydrogens is 453 g/mol. The smallest absolute Gasteiger partial charge is 0.222 e. The van der Waals surface area contributed by atoms with Crippen LogP contribution in [0.5, 0.6) is 0 Å². The lowest BCUT2D eigenvalue weighted by atomic mass is 9.88. The average Bonchev–Trinajstić information content (AvgIpc) is 2.97. The molecule has 33 heavy (non-hydrogen) atoms. The number of hydrogen-bond donors (Lipinski definition) is 0. The van der Waals surface area contributed by atoms with E-state index in [0.717, 1.165) is 75.4 Å². The summed E-state index contributed by atoms with van der Waals surface area (Å²) in [5.74, 6) is 0.861. The van der Waals surface area contributed by atoms with Crippen LogP contribution in [0.4, 0.5) is 0 Å². The Bertz CT molecular complexity index is 1020. The van der Waals surface area contributed by atoms with Crippen LogP contribution >= 0.6 is 23.2 Å². The molecule has 6 heteroatoms. The van der Waals surface area contributed by atoms with Gasteiger partial charge in [-0.25, -0.2) is 0 Å². The molecule has 0 spiro atoms. The Morgan fingerprint density at radius 1 is 0.970 bits per heavy atom. The molecule has 2 fully saturated rings. The topological polar surface area (TPSA) is 36.4 Å². The lowest BCUT2D eigenvalue weighted by Gasteiger charge is -2.33. The highest BCUT2D eigenvalue weighted by Crippen LogP contribution is 2.39. The van der Waals surface area contributed by atoms with Gasteiger partial charge in [-0.2, -0.15) is 0 Å². The molecule has 0 N–H and O–H groups in total. The van der Waals surface area contributed by atoms with Crippen LogP contribution in [0.2, 0.25) is 10.0 Å². The van der Waals surface area contributed by atoms with Gasteiger partial charge in [-0.3, -0.25) is 9.78 Å². The van der Waals surface area contributed by atoms with Crippen molar-refractivity contribution < 1.29 is 4.79 Å². The molecular formula is C27H31Cl2N3O. The molecule has 0 bridgehead atoms. The number of carbonyl (C=O) groups excluding carboxylic acids is 1. The van der Waals surface area contributed by atoms with Gasteiger partial charge < -0.3 is 9.80 Å². The van der Waals surface area contributed by atoms with Crippen molar-refractivity contribution in [1.82, 2.24) is 14.8 Å². The van der Waals surface area contributed by atoms with Crippen molar-refractivity contribution in [3.8, 4) is 0 Å². The van der Waals surface area contributed by atoms with Gasteiger partial charge in [-0.1, -0.05) is 34.8 Å². The summed E-state index contributed by atoms with van der Waals surface area (Å²) >= 11 is 12.6. The van der Waals surface area contributed by atoms with Crippen LogP contribution < -0.4 is 0 Å². The first kappa shape index (κ1) is 22.9. The van der Waals surface area contributed by atoms with E-state index in [9.17, 15) is 4.79 Å². The highest BCUT2D eigenvalue weighted by atomic mass is 35.5. The predicted octanol–water partition coefficient (Wildman–Crippen LogP) is 5.64. The monoisotopic (exact) mass is 483 g/mol. The summed E-state index contributed by atoms with van der Waals surface area (Å²) in [6.45, 7) is 3.79. The SMILES string of the molecule is CN1CCC(CC(=O)N2CCC(=C3c4ccc(Cl)cc4CCc4cc(Cl)cnc43)CC2)CC1. The highest BCUT2D eigenvalue weighted by Gasteiger charge is 2.28. The maximum Gasteiger partial charge on any atom is 0.222 e. The van der Waals surface area contributed by atoms with E-state index in [2.05, 4.69) is 35.0 Å². The van der Waals surface area contributed by atoms with E-state index in [0.29, 0.717) is 23.3 Å². The van der Waals surface area contributed by atoms with Crippen molar-refractivity contribution in [2.24, 2.45) is 5.92 Å². The Balaban J connectivity index is 1.39. The molecule has 0 unspecified atom stereocenters. The second-order valence-electron chi connectivity index (χ2n) is 9.77. The third-order valence-corrected chi connectivity index (χ3v) is 7.99. The summed E-state index contributed by atoms with van der Waals surface area (Å²) in [6, 6.07) is 8.26. The maximum atomic E-state index is 13.0. The van der Waals surface area contributed by atoms with E-state index >= 15 is 0 Å². The molecule has 2 aliphatic heterocycles. The number of carbonyl (C=O) groups is 1. The van der Waals surface area contributed by atoms with Crippen molar-refractivity contribution >= 4 is 34.7 Å². The van der Waals surface area contributed by atoms with E-state index < -0.39 is 0 Å². The quantitative estimate of drug-likeness (QED) is 0.553. The third kappa shape index (κ3) is 4.99. The minimum Gasteiger partial charge on any atom is -0.342 e. The number of pyridine rings is 1. The summed E-state index contributed by atoms with van der Waals surface area (Å²) < 4.78 is 0. The van der Waals surface area contributed by atoms with E-state index in [1.807, 2.05) is 6.07 Å². The molecule has 1 aliphatic carbocycles. The van der Waals surface area contributed by atoms with Gasteiger partial charge in [0.25, 0.3) is 0 Å². The maximum absolute atomic E-state index is 13.0. The third-order valence-electron chi connectivity index (χ3n) is 7.55. The van der Waals surface area contributed by atoms with Crippen LogP contribution in [-0.2, 0) is 17.6 Å². The lowest BCUT2D eigenvalue weighted by molar-refractivity contribution is -0.133. The summed E-state index contributed by atoms with van der Waals surface area (Å²) in [5, 5.41) is 1.45. The van der Waals surface area contributed by atoms with E-state index in [1.54, 1.807) is 6.20 Å². The molecule has 174 valence electrons. The summed E-state index contributed by atoms with van der Waals surface area (Å²) in [5.41, 5.74) is 7.35. The van der Waals surface area contributed by atoms with E-state index in [4.69, 9.17) is 28.2 Å². The van der Waals surface area contributed by atoms with Gasteiger partial charge in [0.1, 0.15) is 0 Å². The Morgan fingerprint density at radius 3 is 2.42 bits per heavy atom. The standard InChI is InChI=1S/C27H31Cl2N3O/c1-31-10-6-18(7-11-31)14-25(33)32-12-8-19(9-13-32)26-24-5-4-22(28)15-20(24)2-3-21-16-23(29)17-30-27(21)26/h4-5,15-18H,2-3,6-14H2,1H3. The number of rotatable bonds is 2. The fourth-order valence-electron chi connectivity index (χ4n) is 5.58. The van der Waals surface area contributed by atoms with Crippen LogP contribution in [0, 0.1) is 5.92 Å². The minimum atomic E-state index is 0.326. The van der Waals surface area contributed by atoms with Crippen LogP contribution in [0.15, 0.2) is 36.0 Å². The lowest BCUT2D eigenvalue weighted by Crippen LogP contribution is -2.39. The van der Waals surface area contributed by atoms with Gasteiger partial charge in [0.15, 0.2) is 0 Å². The first-order chi connectivity index (χ1) is 16.0. The van der Waals surface area contributed by atoms with Crippen molar-refractivity contribution in [2.45, 2.75) is 44.9 Å². The molecule has 0 radical (unpaired) electrons. The molecule has 2 aromatic rings. The Hall–Kier alpha value is -1.88. The summed E-state index contributed by atoms with van der Waals surface area (Å²) in [7, 11) is 2.16. The minimum absolute atomic E-state index is 0.326. The Morgan fingerprint density at radius 2 is 1.67 bits per heavy atom. The number of benzene rings is 1. The summed E-state index contributed by atoms with van der Waals surface area (Å²) in [4.78, 5) is 22.2. The van der Waals surface area contributed by atoms with Crippen molar-refractivity contribution in [2.75, 3.05) is 33.2 Å². The molecule has 1 aromatic heterocycles. The van der Waals surface area contributed by atoms with Gasteiger partial charge in [0.05, 0.1) is 10.7 Å². The molecule has 2 saturated heterocycles. The predicted molar refractivity (Wildman–Crippen MR) is 135 cm³/mol. The molecule has 1 amide bonds. The molecule has 0 atom stereocenters. The van der Waals surface area contributed by atoms with Gasteiger partial charge in [0.2, 0.25) is 5.91 Å². The van der Waals surface area contributed by atoms with Gasteiger partial charge in [0, 0.05) is 36.3 Å². The Labute approximate surface area is 206 Å². The molecule has 5 rings (SSSR count). The largest absolute Gasteiger partial charge is 0.342 e. The number of amides is 1. The molecule has 0 saturated carbocycles. The van der Waals surface area contributed by atoms with Crippen molar-refractivity contribution in [3.05, 3.63) is 68.5 Å². The van der Waals surface area contributed by atoms with Gasteiger partial charge in [-0.05, 0) is 99.5 Å². The number of nitrogens with zero attached hydrogens (tertiary/aromatic N) is 3. The number of hydrogen-bond acceptors (Lipinski definition) is 3. The zero-order valence-electron chi connectivity index (χ0n) is 19.2. The van der Waals surface area contributed by atoms with Crippen LogP contribution in [0.25, 0.3) is 5.57 Å². The van der Waals surface area contributed by atoms with Crippen LogP contribution in [-0.4, -0.2) is 53.9 Å². The second kappa shape index (κ2) is 9.77. The number of piperidine rings is 2. The number of aryl methyl sites for hydroxylation is 2. The fraction of sp³-hybridized carbons (Fsp3) is 0.481. The van der Waals surface area contributed by atoms with Crippen LogP contribution in [0.1, 0.15) is 54.5 Å². The fourth-order valence-corrected chi connectivity index (χ4v) is 5.96. The summed E-state index contributed by atoms with van der Waals surface area (Å²) in [6.07, 6.45) is 8.31. The number of fused-ring (bicyclic) bond motifs is 2. The van der Waals surface area contributed by atoms with E-state index in [-0.39, 0.29) is 0 Å². The molecule has 4 nitrogen and oxygen atoms in total. The van der Waals surface area contributed by atoms with Crippen molar-refractivity contribution in [3.63, 3.8) is 0 Å². The average molecular weight is 484 g/mol.